The van der Waals surface area contributed by atoms with E-state index in [0.29, 0.717) is 48.3 Å². The van der Waals surface area contributed by atoms with Crippen LogP contribution < -0.4 is 25.6 Å². The highest BCUT2D eigenvalue weighted by Crippen LogP contribution is 2.39. The molecule has 0 aliphatic heterocycles. The second-order valence-electron chi connectivity index (χ2n) is 12.0. The van der Waals surface area contributed by atoms with Gasteiger partial charge in [0.05, 0.1) is 37.3 Å². The summed E-state index contributed by atoms with van der Waals surface area (Å²) in [5.74, 6) is 1.76. The number of aliphatic hydroxyl groups excluding tert-OH is 1. The first kappa shape index (κ1) is 30.5. The number of nitrogens with one attached hydrogen (secondary N) is 4. The molecule has 0 bridgehead atoms. The SMILES string of the molecule is CN(C)c1nnc2ccc(OC3CCC(NC(=O)N/C(=C/C(=N)C(C)(C)C)Nc4cnn(CCO)c4)c4ccccc43)cn12. The van der Waals surface area contributed by atoms with E-state index >= 15 is 0 Å². The largest absolute Gasteiger partial charge is 0.484 e. The van der Waals surface area contributed by atoms with Crippen LogP contribution in [0.3, 0.4) is 0 Å². The molecule has 13 heteroatoms. The number of carbonyl (C=O) groups excluding carboxylic acids is 1. The molecule has 3 heterocycles. The average Bonchev–Trinajstić information content (AvgIpc) is 3.60. The molecule has 0 saturated carbocycles. The third-order valence-electron chi connectivity index (χ3n) is 7.36. The number of carbonyl (C=O) groups is 1. The number of benzene rings is 1. The molecule has 2 unspecified atom stereocenters. The first-order chi connectivity index (χ1) is 21.0. The van der Waals surface area contributed by atoms with Crippen molar-refractivity contribution in [2.45, 2.75) is 52.3 Å². The Morgan fingerprint density at radius 1 is 1.14 bits per heavy atom. The maximum Gasteiger partial charge on any atom is 0.320 e. The highest BCUT2D eigenvalue weighted by Gasteiger charge is 2.30. The minimum Gasteiger partial charge on any atom is -0.484 e. The highest BCUT2D eigenvalue weighted by atomic mass is 16.5. The van der Waals surface area contributed by atoms with Crippen LogP contribution in [-0.4, -0.2) is 61.9 Å². The molecule has 3 aromatic heterocycles. The Morgan fingerprint density at radius 3 is 2.64 bits per heavy atom. The summed E-state index contributed by atoms with van der Waals surface area (Å²) in [6.07, 6.45) is 8.01. The molecule has 1 aliphatic rings. The predicted molar refractivity (Wildman–Crippen MR) is 169 cm³/mol. The van der Waals surface area contributed by atoms with Gasteiger partial charge >= 0.3 is 6.03 Å². The minimum atomic E-state index is -0.420. The molecule has 2 atom stereocenters. The number of rotatable bonds is 10. The van der Waals surface area contributed by atoms with Gasteiger partial charge in [-0.1, -0.05) is 45.0 Å². The number of allylic oxidation sites excluding steroid dienone is 1. The Balaban J connectivity index is 1.31. The summed E-state index contributed by atoms with van der Waals surface area (Å²) in [4.78, 5) is 15.2. The number of aliphatic hydroxyl groups is 1. The number of nitrogens with zero attached hydrogens (tertiary/aromatic N) is 6. The molecule has 13 nitrogen and oxygen atoms in total. The van der Waals surface area contributed by atoms with Gasteiger partial charge in [0.1, 0.15) is 17.7 Å². The molecule has 0 spiro atoms. The smallest absolute Gasteiger partial charge is 0.320 e. The van der Waals surface area contributed by atoms with E-state index in [-0.39, 0.29) is 18.8 Å². The lowest BCUT2D eigenvalue weighted by molar-refractivity contribution is 0.171. The summed E-state index contributed by atoms with van der Waals surface area (Å²) in [6, 6.07) is 11.1. The van der Waals surface area contributed by atoms with Crippen molar-refractivity contribution >= 4 is 29.0 Å². The third-order valence-corrected chi connectivity index (χ3v) is 7.36. The van der Waals surface area contributed by atoms with Crippen LogP contribution in [0.15, 0.2) is 66.9 Å². The van der Waals surface area contributed by atoms with E-state index in [2.05, 4.69) is 31.2 Å². The molecule has 0 radical (unpaired) electrons. The van der Waals surface area contributed by atoms with Gasteiger partial charge in [0.25, 0.3) is 0 Å². The molecule has 5 rings (SSSR count). The maximum absolute atomic E-state index is 13.3. The van der Waals surface area contributed by atoms with Crippen LogP contribution in [0.2, 0.25) is 0 Å². The number of anilines is 2. The number of ether oxygens (including phenoxy) is 1. The molecule has 44 heavy (non-hydrogen) atoms. The Bertz CT molecular complexity index is 1670. The summed E-state index contributed by atoms with van der Waals surface area (Å²) in [5.41, 5.74) is 3.28. The van der Waals surface area contributed by atoms with Gasteiger partial charge in [0.15, 0.2) is 5.65 Å². The van der Waals surface area contributed by atoms with Gasteiger partial charge in [-0.25, -0.2) is 4.79 Å². The van der Waals surface area contributed by atoms with Crippen LogP contribution in [0.1, 0.15) is 56.9 Å². The second-order valence-corrected chi connectivity index (χ2v) is 12.0. The van der Waals surface area contributed by atoms with Gasteiger partial charge in [0.2, 0.25) is 5.95 Å². The summed E-state index contributed by atoms with van der Waals surface area (Å²) in [5, 5.41) is 39.6. The number of amides is 2. The van der Waals surface area contributed by atoms with Crippen molar-refractivity contribution in [3.63, 3.8) is 0 Å². The summed E-state index contributed by atoms with van der Waals surface area (Å²) in [6.45, 7) is 6.12. The van der Waals surface area contributed by atoms with Crippen LogP contribution >= 0.6 is 0 Å². The van der Waals surface area contributed by atoms with E-state index in [9.17, 15) is 9.90 Å². The summed E-state index contributed by atoms with van der Waals surface area (Å²) < 4.78 is 9.98. The van der Waals surface area contributed by atoms with Crippen molar-refractivity contribution in [3.8, 4) is 5.75 Å². The molecular formula is C31H40N10O3. The topological polar surface area (TPSA) is 158 Å². The molecular weight excluding hydrogens is 560 g/mol. The first-order valence-corrected chi connectivity index (χ1v) is 14.6. The van der Waals surface area contributed by atoms with Gasteiger partial charge in [-0.2, -0.15) is 5.10 Å². The van der Waals surface area contributed by atoms with Crippen LogP contribution in [0, 0.1) is 10.8 Å². The van der Waals surface area contributed by atoms with Crippen LogP contribution in [0.25, 0.3) is 5.65 Å². The highest BCUT2D eigenvalue weighted by molar-refractivity contribution is 5.97. The van der Waals surface area contributed by atoms with Crippen molar-refractivity contribution in [2.75, 3.05) is 30.9 Å². The molecule has 0 fully saturated rings. The summed E-state index contributed by atoms with van der Waals surface area (Å²) >= 11 is 0. The normalized spacial score (nSPS) is 16.7. The van der Waals surface area contributed by atoms with E-state index in [1.54, 1.807) is 23.2 Å². The predicted octanol–water partition coefficient (Wildman–Crippen LogP) is 4.26. The summed E-state index contributed by atoms with van der Waals surface area (Å²) in [7, 11) is 3.84. The van der Waals surface area contributed by atoms with Crippen molar-refractivity contribution in [1.29, 1.82) is 5.41 Å². The van der Waals surface area contributed by atoms with E-state index in [1.807, 2.05) is 86.8 Å². The lowest BCUT2D eigenvalue weighted by Gasteiger charge is -2.32. The fourth-order valence-electron chi connectivity index (χ4n) is 5.01. The molecule has 5 N–H and O–H groups in total. The number of aromatic nitrogens is 5. The number of fused-ring (bicyclic) bond motifs is 2. The average molecular weight is 601 g/mol. The van der Waals surface area contributed by atoms with Gasteiger partial charge in [-0.15, -0.1) is 10.2 Å². The lowest BCUT2D eigenvalue weighted by Crippen LogP contribution is -2.41. The Kier molecular flexibility index (Phi) is 8.86. The fraction of sp³-hybridized carbons (Fsp3) is 0.387. The lowest BCUT2D eigenvalue weighted by atomic mass is 9.85. The minimum absolute atomic E-state index is 0.0391. The van der Waals surface area contributed by atoms with Crippen LogP contribution in [-0.2, 0) is 6.54 Å². The quantitative estimate of drug-likeness (QED) is 0.169. The van der Waals surface area contributed by atoms with Gasteiger partial charge in [-0.05, 0) is 36.1 Å². The van der Waals surface area contributed by atoms with Gasteiger partial charge < -0.3 is 30.8 Å². The van der Waals surface area contributed by atoms with Gasteiger partial charge in [-0.3, -0.25) is 14.4 Å². The standard InChI is InChI=1S/C31H40N10O3/c1-31(2,3)26(32)16-27(34-20-17-33-40(18-20)14-15-42)36-29(43)35-24-11-12-25(23-9-7-6-8-22(23)24)44-21-10-13-28-37-38-30(39(4)5)41(28)19-21/h6-10,13,16-19,24-25,32,34,42H,11-12,14-15H2,1-5H3,(H2,35,36,43)/b27-16+,32-26?. The first-order valence-electron chi connectivity index (χ1n) is 14.6. The van der Waals surface area contributed by atoms with E-state index in [1.165, 1.54) is 0 Å². The second kappa shape index (κ2) is 12.8. The Hall–Kier alpha value is -4.91. The van der Waals surface area contributed by atoms with E-state index < -0.39 is 11.4 Å². The van der Waals surface area contributed by atoms with E-state index in [0.717, 1.165) is 16.8 Å². The number of hydrogen-bond acceptors (Lipinski definition) is 9. The van der Waals surface area contributed by atoms with Crippen LogP contribution in [0.4, 0.5) is 16.4 Å². The zero-order valence-corrected chi connectivity index (χ0v) is 25.7. The molecule has 4 aromatic rings. The molecule has 0 saturated heterocycles. The van der Waals surface area contributed by atoms with Crippen molar-refractivity contribution in [2.24, 2.45) is 5.41 Å². The fourth-order valence-corrected chi connectivity index (χ4v) is 5.01. The zero-order valence-electron chi connectivity index (χ0n) is 25.7. The van der Waals surface area contributed by atoms with Crippen LogP contribution in [0.5, 0.6) is 5.75 Å². The van der Waals surface area contributed by atoms with Crippen molar-refractivity contribution in [1.82, 2.24) is 35.0 Å². The maximum atomic E-state index is 13.3. The monoisotopic (exact) mass is 600 g/mol. The number of pyridine rings is 1. The number of hydrogen-bond donors (Lipinski definition) is 5. The van der Waals surface area contributed by atoms with Crippen molar-refractivity contribution < 1.29 is 14.6 Å². The molecule has 1 aliphatic carbocycles. The van der Waals surface area contributed by atoms with Crippen molar-refractivity contribution in [3.05, 3.63) is 78.0 Å². The molecule has 1 aromatic carbocycles. The molecule has 232 valence electrons. The zero-order chi connectivity index (χ0) is 31.4. The van der Waals surface area contributed by atoms with E-state index in [4.69, 9.17) is 10.1 Å². The van der Waals surface area contributed by atoms with Gasteiger partial charge in [0, 0.05) is 37.5 Å². The molecule has 2 amide bonds. The third kappa shape index (κ3) is 7.00. The Labute approximate surface area is 256 Å². The number of urea groups is 1. The Morgan fingerprint density at radius 2 is 1.91 bits per heavy atom.